The third kappa shape index (κ3) is 2.03. The van der Waals surface area contributed by atoms with E-state index in [4.69, 9.17) is 0 Å². The van der Waals surface area contributed by atoms with Crippen LogP contribution in [0.2, 0.25) is 0 Å². The first-order valence-electron chi connectivity index (χ1n) is 6.26. The van der Waals surface area contributed by atoms with Crippen LogP contribution in [0.4, 0.5) is 0 Å². The molecule has 0 spiro atoms. The Morgan fingerprint density at radius 3 is 2.60 bits per heavy atom. The molecule has 0 unspecified atom stereocenters. The highest BCUT2D eigenvalue weighted by Gasteiger charge is 2.22. The van der Waals surface area contributed by atoms with Crippen molar-refractivity contribution in [2.45, 2.75) is 6.42 Å². The van der Waals surface area contributed by atoms with Crippen molar-refractivity contribution < 1.29 is 14.7 Å². The number of rotatable bonds is 3. The minimum Gasteiger partial charge on any atom is -0.506 e. The molecule has 20 heavy (non-hydrogen) atoms. The topological polar surface area (TPSA) is 70.5 Å². The fraction of sp³-hybridized carbons (Fsp3) is 0.133. The fourth-order valence-corrected chi connectivity index (χ4v) is 2.32. The van der Waals surface area contributed by atoms with Crippen LogP contribution in [0, 0.1) is 0 Å². The van der Waals surface area contributed by atoms with E-state index in [0.717, 1.165) is 10.9 Å². The molecular weight excluding hydrogens is 256 g/mol. The van der Waals surface area contributed by atoms with E-state index in [1.165, 1.54) is 17.1 Å². The zero-order valence-corrected chi connectivity index (χ0v) is 10.6. The van der Waals surface area contributed by atoms with E-state index in [0.29, 0.717) is 18.5 Å². The lowest BCUT2D eigenvalue weighted by molar-refractivity contribution is -0.136. The molecule has 0 fully saturated rings. The Morgan fingerprint density at radius 2 is 1.85 bits per heavy atom. The number of aromatic nitrogens is 1. The molecule has 2 aromatic rings. The molecule has 0 saturated heterocycles. The van der Waals surface area contributed by atoms with Gasteiger partial charge in [0.2, 0.25) is 0 Å². The Bertz CT molecular complexity index is 719. The Hall–Kier alpha value is -2.69. The lowest BCUT2D eigenvalue weighted by Gasteiger charge is -2.14. The van der Waals surface area contributed by atoms with Gasteiger partial charge in [-0.3, -0.25) is 19.5 Å². The summed E-state index contributed by atoms with van der Waals surface area (Å²) in [6.07, 6.45) is 4.70. The van der Waals surface area contributed by atoms with Gasteiger partial charge in [0, 0.05) is 30.3 Å². The highest BCUT2D eigenvalue weighted by atomic mass is 16.3. The lowest BCUT2D eigenvalue weighted by atomic mass is 10.0. The van der Waals surface area contributed by atoms with Gasteiger partial charge < -0.3 is 5.11 Å². The van der Waals surface area contributed by atoms with Gasteiger partial charge in [0.05, 0.1) is 0 Å². The Morgan fingerprint density at radius 1 is 1.10 bits per heavy atom. The smallest absolute Gasteiger partial charge is 0.253 e. The van der Waals surface area contributed by atoms with Crippen LogP contribution in [0.1, 0.15) is 5.56 Å². The zero-order chi connectivity index (χ0) is 14.1. The highest BCUT2D eigenvalue weighted by Crippen LogP contribution is 2.25. The van der Waals surface area contributed by atoms with Gasteiger partial charge in [-0.1, -0.05) is 12.1 Å². The summed E-state index contributed by atoms with van der Waals surface area (Å²) < 4.78 is 0. The Balaban J connectivity index is 1.87. The van der Waals surface area contributed by atoms with Gasteiger partial charge in [-0.25, -0.2) is 0 Å². The van der Waals surface area contributed by atoms with Gasteiger partial charge in [-0.2, -0.15) is 0 Å². The fourth-order valence-electron chi connectivity index (χ4n) is 2.32. The lowest BCUT2D eigenvalue weighted by Crippen LogP contribution is -2.31. The van der Waals surface area contributed by atoms with Crippen LogP contribution < -0.4 is 0 Å². The molecule has 1 aromatic carbocycles. The predicted molar refractivity (Wildman–Crippen MR) is 73.0 cm³/mol. The second kappa shape index (κ2) is 4.77. The molecule has 2 heterocycles. The average Bonchev–Trinajstić information content (AvgIpc) is 2.78. The van der Waals surface area contributed by atoms with Crippen molar-refractivity contribution in [3.8, 4) is 5.75 Å². The number of imide groups is 1. The van der Waals surface area contributed by atoms with Crippen LogP contribution >= 0.6 is 0 Å². The number of carbonyl (C=O) groups is 2. The third-order valence-corrected chi connectivity index (χ3v) is 3.34. The first-order chi connectivity index (χ1) is 9.66. The number of hydrogen-bond donors (Lipinski definition) is 1. The van der Waals surface area contributed by atoms with Gasteiger partial charge in [-0.15, -0.1) is 0 Å². The van der Waals surface area contributed by atoms with E-state index in [2.05, 4.69) is 4.98 Å². The molecule has 1 aromatic heterocycles. The number of fused-ring (bicyclic) bond motifs is 1. The summed E-state index contributed by atoms with van der Waals surface area (Å²) in [6, 6.07) is 7.02. The van der Waals surface area contributed by atoms with Gasteiger partial charge >= 0.3 is 0 Å². The molecule has 0 saturated carbocycles. The maximum atomic E-state index is 11.5. The summed E-state index contributed by atoms with van der Waals surface area (Å²) in [4.78, 5) is 28.3. The minimum absolute atomic E-state index is 0.124. The third-order valence-electron chi connectivity index (χ3n) is 3.34. The molecule has 1 N–H and O–H groups in total. The van der Waals surface area contributed by atoms with E-state index in [1.54, 1.807) is 24.4 Å². The van der Waals surface area contributed by atoms with E-state index >= 15 is 0 Å². The van der Waals surface area contributed by atoms with Crippen molar-refractivity contribution in [3.63, 3.8) is 0 Å². The average molecular weight is 268 g/mol. The standard InChI is InChI=1S/C15H12N2O3/c18-12-4-3-10(11-2-1-8-16-15(11)12)7-9-17-13(19)5-6-14(17)20/h1-6,8,18H,7,9H2. The molecule has 1 aliphatic rings. The second-order valence-electron chi connectivity index (χ2n) is 4.55. The van der Waals surface area contributed by atoms with Crippen LogP contribution in [-0.2, 0) is 16.0 Å². The molecule has 2 amide bonds. The Labute approximate surface area is 115 Å². The van der Waals surface area contributed by atoms with E-state index in [1.807, 2.05) is 6.07 Å². The van der Waals surface area contributed by atoms with Crippen molar-refractivity contribution in [1.82, 2.24) is 9.88 Å². The van der Waals surface area contributed by atoms with E-state index in [-0.39, 0.29) is 17.6 Å². The number of amides is 2. The number of nitrogens with zero attached hydrogens (tertiary/aromatic N) is 2. The number of benzene rings is 1. The molecule has 0 atom stereocenters. The van der Waals surface area contributed by atoms with E-state index < -0.39 is 0 Å². The molecule has 100 valence electrons. The minimum atomic E-state index is -0.281. The molecule has 0 bridgehead atoms. The summed E-state index contributed by atoms with van der Waals surface area (Å²) in [5.41, 5.74) is 1.47. The van der Waals surface area contributed by atoms with Gasteiger partial charge in [0.15, 0.2) is 0 Å². The van der Waals surface area contributed by atoms with Gasteiger partial charge in [0.25, 0.3) is 11.8 Å². The summed E-state index contributed by atoms with van der Waals surface area (Å²) in [6.45, 7) is 0.319. The predicted octanol–water partition coefficient (Wildman–Crippen LogP) is 1.41. The number of pyridine rings is 1. The van der Waals surface area contributed by atoms with Crippen LogP contribution in [0.25, 0.3) is 10.9 Å². The molecule has 0 aliphatic carbocycles. The van der Waals surface area contributed by atoms with Crippen LogP contribution in [0.3, 0.4) is 0 Å². The number of phenolic OH excluding ortho intramolecular Hbond substituents is 1. The Kier molecular flexibility index (Phi) is 2.95. The summed E-state index contributed by atoms with van der Waals surface area (Å²) in [5.74, 6) is -0.438. The number of hydrogen-bond acceptors (Lipinski definition) is 4. The van der Waals surface area contributed by atoms with Gasteiger partial charge in [-0.05, 0) is 24.1 Å². The monoisotopic (exact) mass is 268 g/mol. The zero-order valence-electron chi connectivity index (χ0n) is 10.6. The van der Waals surface area contributed by atoms with Crippen LogP contribution in [0.5, 0.6) is 5.75 Å². The largest absolute Gasteiger partial charge is 0.506 e. The quantitative estimate of drug-likeness (QED) is 0.854. The van der Waals surface area contributed by atoms with Crippen molar-refractivity contribution >= 4 is 22.7 Å². The van der Waals surface area contributed by atoms with Crippen LogP contribution in [0.15, 0.2) is 42.6 Å². The molecule has 5 heteroatoms. The first kappa shape index (κ1) is 12.3. The number of phenols is 1. The summed E-state index contributed by atoms with van der Waals surface area (Å²) in [7, 11) is 0. The molecule has 5 nitrogen and oxygen atoms in total. The van der Waals surface area contributed by atoms with Crippen molar-refractivity contribution in [2.75, 3.05) is 6.54 Å². The first-order valence-corrected chi connectivity index (χ1v) is 6.26. The number of aromatic hydroxyl groups is 1. The van der Waals surface area contributed by atoms with Crippen LogP contribution in [-0.4, -0.2) is 33.3 Å². The van der Waals surface area contributed by atoms with Gasteiger partial charge in [0.1, 0.15) is 11.3 Å². The van der Waals surface area contributed by atoms with Crippen molar-refractivity contribution in [1.29, 1.82) is 0 Å². The van der Waals surface area contributed by atoms with Crippen molar-refractivity contribution in [2.24, 2.45) is 0 Å². The summed E-state index contributed by atoms with van der Waals surface area (Å²) >= 11 is 0. The summed E-state index contributed by atoms with van der Waals surface area (Å²) in [5, 5.41) is 10.6. The molecule has 0 radical (unpaired) electrons. The highest BCUT2D eigenvalue weighted by molar-refractivity contribution is 6.12. The maximum Gasteiger partial charge on any atom is 0.253 e. The van der Waals surface area contributed by atoms with E-state index in [9.17, 15) is 14.7 Å². The van der Waals surface area contributed by atoms with Crippen molar-refractivity contribution in [3.05, 3.63) is 48.2 Å². The maximum absolute atomic E-state index is 11.5. The normalized spacial score (nSPS) is 14.5. The molecular formula is C15H12N2O3. The molecule has 1 aliphatic heterocycles. The second-order valence-corrected chi connectivity index (χ2v) is 4.55. The molecule has 3 rings (SSSR count). The number of carbonyl (C=O) groups excluding carboxylic acids is 2. The SMILES string of the molecule is O=C1C=CC(=O)N1CCc1ccc(O)c2ncccc12.